The molecule has 0 fully saturated rings. The predicted octanol–water partition coefficient (Wildman–Crippen LogP) is 1.43. The van der Waals surface area contributed by atoms with Crippen LogP contribution >= 0.6 is 0 Å². The third-order valence-electron chi connectivity index (χ3n) is 3.79. The molecule has 0 saturated carbocycles. The predicted molar refractivity (Wildman–Crippen MR) is 91.9 cm³/mol. The molecule has 1 aromatic carbocycles. The smallest absolute Gasteiger partial charge is 0.273 e. The number of carbonyl (C=O) groups excluding carboxylic acids is 2. The van der Waals surface area contributed by atoms with E-state index >= 15 is 0 Å². The number of hydrogen-bond acceptors (Lipinski definition) is 5. The normalized spacial score (nSPS) is 16.1. The van der Waals surface area contributed by atoms with Gasteiger partial charge in [-0.15, -0.1) is 0 Å². The van der Waals surface area contributed by atoms with Crippen LogP contribution in [0.2, 0.25) is 0 Å². The molecule has 0 aliphatic carbocycles. The molecule has 0 spiro atoms. The van der Waals surface area contributed by atoms with Crippen LogP contribution < -0.4 is 5.32 Å². The highest BCUT2D eigenvalue weighted by atomic mass is 16.6. The van der Waals surface area contributed by atoms with E-state index in [4.69, 9.17) is 4.84 Å². The second-order valence-corrected chi connectivity index (χ2v) is 5.92. The van der Waals surface area contributed by atoms with Crippen LogP contribution in [-0.2, 0) is 21.0 Å². The van der Waals surface area contributed by atoms with Crippen LogP contribution in [-0.4, -0.2) is 46.3 Å². The average molecular weight is 341 g/mol. The van der Waals surface area contributed by atoms with Gasteiger partial charge in [-0.2, -0.15) is 5.10 Å². The van der Waals surface area contributed by atoms with Crippen molar-refractivity contribution in [2.45, 2.75) is 19.1 Å². The molecule has 3 rings (SSSR count). The second-order valence-electron chi connectivity index (χ2n) is 5.92. The minimum absolute atomic E-state index is 0.0831. The lowest BCUT2D eigenvalue weighted by Gasteiger charge is -2.09. The fraction of sp³-hybridized carbons (Fsp3) is 0.294. The molecule has 0 bridgehead atoms. The molecule has 25 heavy (non-hydrogen) atoms. The summed E-state index contributed by atoms with van der Waals surface area (Å²) in [5.41, 5.74) is 1.80. The van der Waals surface area contributed by atoms with E-state index in [9.17, 15) is 9.59 Å². The van der Waals surface area contributed by atoms with Crippen molar-refractivity contribution < 1.29 is 14.4 Å². The number of hydrogen-bond donors (Lipinski definition) is 1. The number of likely N-dealkylation sites (N-methyl/N-ethyl adjacent to an activating group) is 1. The van der Waals surface area contributed by atoms with E-state index in [1.54, 1.807) is 20.3 Å². The van der Waals surface area contributed by atoms with Gasteiger partial charge in [-0.1, -0.05) is 35.5 Å². The van der Waals surface area contributed by atoms with E-state index in [2.05, 4.69) is 15.6 Å². The molecule has 8 nitrogen and oxygen atoms in total. The van der Waals surface area contributed by atoms with Gasteiger partial charge in [-0.25, -0.2) is 0 Å². The van der Waals surface area contributed by atoms with Crippen molar-refractivity contribution in [3.63, 3.8) is 0 Å². The van der Waals surface area contributed by atoms with Gasteiger partial charge in [-0.05, 0) is 5.56 Å². The second kappa shape index (κ2) is 7.16. The van der Waals surface area contributed by atoms with Gasteiger partial charge in [0.05, 0.1) is 11.9 Å². The minimum Gasteiger partial charge on any atom is -0.387 e. The maximum Gasteiger partial charge on any atom is 0.273 e. The van der Waals surface area contributed by atoms with Crippen molar-refractivity contribution >= 4 is 23.2 Å². The maximum absolute atomic E-state index is 12.3. The van der Waals surface area contributed by atoms with E-state index in [1.165, 1.54) is 15.8 Å². The third-order valence-corrected chi connectivity index (χ3v) is 3.79. The Morgan fingerprint density at radius 3 is 2.80 bits per heavy atom. The molecule has 1 atom stereocenters. The van der Waals surface area contributed by atoms with Gasteiger partial charge in [0.25, 0.3) is 5.91 Å². The fourth-order valence-electron chi connectivity index (χ4n) is 2.36. The van der Waals surface area contributed by atoms with E-state index in [0.717, 1.165) is 5.56 Å². The molecule has 0 saturated heterocycles. The minimum atomic E-state index is -0.336. The van der Waals surface area contributed by atoms with Gasteiger partial charge in [0.15, 0.2) is 6.10 Å². The molecule has 2 heterocycles. The summed E-state index contributed by atoms with van der Waals surface area (Å²) in [6.07, 6.45) is 3.25. The van der Waals surface area contributed by atoms with Crippen molar-refractivity contribution in [1.29, 1.82) is 0 Å². The summed E-state index contributed by atoms with van der Waals surface area (Å²) < 4.78 is 1.47. The Morgan fingerprint density at radius 2 is 2.08 bits per heavy atom. The largest absolute Gasteiger partial charge is 0.387 e. The lowest BCUT2D eigenvalue weighted by molar-refractivity contribution is -0.129. The van der Waals surface area contributed by atoms with Crippen molar-refractivity contribution in [1.82, 2.24) is 14.7 Å². The van der Waals surface area contributed by atoms with Crippen molar-refractivity contribution in [2.75, 3.05) is 19.4 Å². The molecule has 1 aliphatic heterocycles. The molecule has 1 aliphatic rings. The highest BCUT2D eigenvalue weighted by molar-refractivity contribution is 6.43. The van der Waals surface area contributed by atoms with Crippen LogP contribution in [0.1, 0.15) is 18.1 Å². The van der Waals surface area contributed by atoms with Gasteiger partial charge in [-0.3, -0.25) is 14.3 Å². The van der Waals surface area contributed by atoms with Crippen molar-refractivity contribution in [2.24, 2.45) is 5.16 Å². The first-order valence-electron chi connectivity index (χ1n) is 7.84. The standard InChI is InChI=1S/C17H19N5O3/c1-21(2)16(23)11-22-10-13(9-18-22)19-17(24)14-8-15(25-20-14)12-6-4-3-5-7-12/h3-7,9-10,15H,8,11H2,1-2H3,(H,19,24). The van der Waals surface area contributed by atoms with Gasteiger partial charge in [0.2, 0.25) is 5.91 Å². The zero-order valence-electron chi connectivity index (χ0n) is 14.0. The Morgan fingerprint density at radius 1 is 1.32 bits per heavy atom. The number of nitrogens with zero attached hydrogens (tertiary/aromatic N) is 4. The van der Waals surface area contributed by atoms with E-state index in [0.29, 0.717) is 17.8 Å². The summed E-state index contributed by atoms with van der Waals surface area (Å²) >= 11 is 0. The molecule has 2 aromatic rings. The Balaban J connectivity index is 1.56. The van der Waals surface area contributed by atoms with Crippen LogP contribution in [0, 0.1) is 0 Å². The quantitative estimate of drug-likeness (QED) is 0.891. The Bertz CT molecular complexity index is 798. The first kappa shape index (κ1) is 16.7. The summed E-state index contributed by atoms with van der Waals surface area (Å²) in [5, 5.41) is 10.7. The van der Waals surface area contributed by atoms with Gasteiger partial charge < -0.3 is 15.1 Å². The SMILES string of the molecule is CN(C)C(=O)Cn1cc(NC(=O)C2=NOC(c3ccccc3)C2)cn1. The number of aromatic nitrogens is 2. The topological polar surface area (TPSA) is 88.8 Å². The molecule has 1 N–H and O–H groups in total. The summed E-state index contributed by atoms with van der Waals surface area (Å²) in [4.78, 5) is 30.8. The maximum atomic E-state index is 12.3. The number of carbonyl (C=O) groups is 2. The highest BCUT2D eigenvalue weighted by Gasteiger charge is 2.27. The van der Waals surface area contributed by atoms with Crippen molar-refractivity contribution in [3.05, 3.63) is 48.3 Å². The average Bonchev–Trinajstić information content (AvgIpc) is 3.25. The Hall–Kier alpha value is -3.16. The van der Waals surface area contributed by atoms with E-state index in [1.807, 2.05) is 30.3 Å². The first-order chi connectivity index (χ1) is 12.0. The molecule has 8 heteroatoms. The number of anilines is 1. The number of rotatable bonds is 5. The summed E-state index contributed by atoms with van der Waals surface area (Å²) in [6, 6.07) is 9.63. The Labute approximate surface area is 145 Å². The van der Waals surface area contributed by atoms with Crippen LogP contribution in [0.25, 0.3) is 0 Å². The summed E-state index contributed by atoms with van der Waals surface area (Å²) in [7, 11) is 3.35. The van der Waals surface area contributed by atoms with Crippen LogP contribution in [0.3, 0.4) is 0 Å². The first-order valence-corrected chi connectivity index (χ1v) is 7.84. The molecule has 2 amide bonds. The molecule has 0 radical (unpaired) electrons. The van der Waals surface area contributed by atoms with E-state index < -0.39 is 0 Å². The lowest BCUT2D eigenvalue weighted by atomic mass is 10.0. The molecule has 1 aromatic heterocycles. The molecular weight excluding hydrogens is 322 g/mol. The van der Waals surface area contributed by atoms with E-state index in [-0.39, 0.29) is 24.5 Å². The number of nitrogens with one attached hydrogen (secondary N) is 1. The highest BCUT2D eigenvalue weighted by Crippen LogP contribution is 2.27. The molecule has 1 unspecified atom stereocenters. The molecular formula is C17H19N5O3. The van der Waals surface area contributed by atoms with Crippen LogP contribution in [0.5, 0.6) is 0 Å². The third kappa shape index (κ3) is 4.03. The fourth-order valence-corrected chi connectivity index (χ4v) is 2.36. The number of oxime groups is 1. The number of amides is 2. The Kier molecular flexibility index (Phi) is 4.78. The zero-order valence-corrected chi connectivity index (χ0v) is 14.0. The summed E-state index contributed by atoms with van der Waals surface area (Å²) in [5.74, 6) is -0.419. The zero-order chi connectivity index (χ0) is 17.8. The van der Waals surface area contributed by atoms with Crippen molar-refractivity contribution in [3.8, 4) is 0 Å². The van der Waals surface area contributed by atoms with Crippen LogP contribution in [0.4, 0.5) is 5.69 Å². The lowest BCUT2D eigenvalue weighted by Crippen LogP contribution is -2.26. The molecule has 130 valence electrons. The van der Waals surface area contributed by atoms with Gasteiger partial charge in [0.1, 0.15) is 12.3 Å². The monoisotopic (exact) mass is 341 g/mol. The van der Waals surface area contributed by atoms with Gasteiger partial charge >= 0.3 is 0 Å². The number of benzene rings is 1. The van der Waals surface area contributed by atoms with Gasteiger partial charge in [0, 0.05) is 26.7 Å². The van der Waals surface area contributed by atoms with Crippen LogP contribution in [0.15, 0.2) is 47.9 Å². The summed E-state index contributed by atoms with van der Waals surface area (Å²) in [6.45, 7) is 0.114.